The number of hydrogen-bond acceptors (Lipinski definition) is 4. The van der Waals surface area contributed by atoms with Crippen molar-refractivity contribution in [3.8, 4) is 0 Å². The van der Waals surface area contributed by atoms with Crippen molar-refractivity contribution < 1.29 is 17.6 Å². The molecule has 8 nitrogen and oxygen atoms in total. The second-order valence-electron chi connectivity index (χ2n) is 6.57. The fourth-order valence-corrected chi connectivity index (χ4v) is 3.74. The van der Waals surface area contributed by atoms with Gasteiger partial charge in [0.15, 0.2) is 0 Å². The third-order valence-electron chi connectivity index (χ3n) is 4.50. The Hall–Kier alpha value is -3.24. The lowest BCUT2D eigenvalue weighted by Gasteiger charge is -2.19. The number of halogens is 1. The van der Waals surface area contributed by atoms with Crippen LogP contribution in [0.2, 0.25) is 0 Å². The number of sulfonamides is 1. The van der Waals surface area contributed by atoms with E-state index in [4.69, 9.17) is 0 Å². The third-order valence-corrected chi connectivity index (χ3v) is 5.92. The molecule has 30 heavy (non-hydrogen) atoms. The van der Waals surface area contributed by atoms with E-state index in [1.54, 1.807) is 48.3 Å². The Morgan fingerprint density at radius 2 is 1.97 bits per heavy atom. The average molecular weight is 431 g/mol. The average Bonchev–Trinajstić information content (AvgIpc) is 3.16. The number of amides is 2. The summed E-state index contributed by atoms with van der Waals surface area (Å²) in [5, 5.41) is 5.50. The summed E-state index contributed by atoms with van der Waals surface area (Å²) in [5.41, 5.74) is 1.15. The van der Waals surface area contributed by atoms with Gasteiger partial charge in [0.05, 0.1) is 4.90 Å². The molecule has 158 valence electrons. The van der Waals surface area contributed by atoms with Gasteiger partial charge in [-0.3, -0.25) is 0 Å². The minimum absolute atomic E-state index is 0.106. The van der Waals surface area contributed by atoms with Crippen LogP contribution in [0.5, 0.6) is 0 Å². The summed E-state index contributed by atoms with van der Waals surface area (Å²) >= 11 is 0. The number of aromatic nitrogens is 2. The smallest absolute Gasteiger partial charge is 0.315 e. The van der Waals surface area contributed by atoms with E-state index >= 15 is 0 Å². The lowest BCUT2D eigenvalue weighted by molar-refractivity contribution is 0.237. The van der Waals surface area contributed by atoms with Gasteiger partial charge in [-0.1, -0.05) is 24.3 Å². The topological polar surface area (TPSA) is 105 Å². The maximum Gasteiger partial charge on any atom is 0.315 e. The van der Waals surface area contributed by atoms with Crippen molar-refractivity contribution in [3.63, 3.8) is 0 Å². The van der Waals surface area contributed by atoms with E-state index in [9.17, 15) is 17.6 Å². The van der Waals surface area contributed by atoms with Gasteiger partial charge in [0.25, 0.3) is 0 Å². The number of rotatable bonds is 7. The molecule has 0 fully saturated rings. The van der Waals surface area contributed by atoms with Crippen molar-refractivity contribution in [2.45, 2.75) is 17.5 Å². The zero-order chi connectivity index (χ0) is 21.7. The van der Waals surface area contributed by atoms with Crippen LogP contribution in [0.4, 0.5) is 9.18 Å². The van der Waals surface area contributed by atoms with Gasteiger partial charge in [0.2, 0.25) is 10.0 Å². The van der Waals surface area contributed by atoms with Crippen molar-refractivity contribution in [3.05, 3.63) is 83.7 Å². The minimum atomic E-state index is -3.58. The van der Waals surface area contributed by atoms with Crippen molar-refractivity contribution >= 4 is 16.1 Å². The first-order chi connectivity index (χ1) is 14.3. The molecule has 1 atom stereocenters. The molecule has 1 aromatic heterocycles. The number of benzene rings is 2. The predicted molar refractivity (Wildman–Crippen MR) is 110 cm³/mol. The van der Waals surface area contributed by atoms with Crippen molar-refractivity contribution in [2.75, 3.05) is 7.05 Å². The number of carbonyl (C=O) groups excluding carboxylic acids is 1. The second-order valence-corrected chi connectivity index (χ2v) is 8.45. The van der Waals surface area contributed by atoms with E-state index in [1.807, 2.05) is 0 Å². The van der Waals surface area contributed by atoms with Crippen LogP contribution < -0.4 is 15.4 Å². The van der Waals surface area contributed by atoms with Crippen LogP contribution in [0.1, 0.15) is 23.0 Å². The number of nitrogens with zero attached hydrogens (tertiary/aromatic N) is 2. The van der Waals surface area contributed by atoms with Gasteiger partial charge in [-0.2, -0.15) is 0 Å². The summed E-state index contributed by atoms with van der Waals surface area (Å²) in [5.74, 6) is 0.120. The number of nitrogens with one attached hydrogen (secondary N) is 3. The summed E-state index contributed by atoms with van der Waals surface area (Å²) < 4.78 is 41.6. The van der Waals surface area contributed by atoms with Gasteiger partial charge >= 0.3 is 6.03 Å². The summed E-state index contributed by atoms with van der Waals surface area (Å²) in [7, 11) is -0.467. The Labute approximate surface area is 174 Å². The van der Waals surface area contributed by atoms with Crippen LogP contribution >= 0.6 is 0 Å². The molecule has 0 saturated carbocycles. The maximum absolute atomic E-state index is 13.7. The summed E-state index contributed by atoms with van der Waals surface area (Å²) in [4.78, 5) is 16.9. The van der Waals surface area contributed by atoms with E-state index in [0.29, 0.717) is 17.0 Å². The monoisotopic (exact) mass is 431 g/mol. The summed E-state index contributed by atoms with van der Waals surface area (Å²) in [6, 6.07) is 11.0. The first-order valence-electron chi connectivity index (χ1n) is 9.09. The first kappa shape index (κ1) is 21.5. The van der Waals surface area contributed by atoms with Gasteiger partial charge in [-0.05, 0) is 42.4 Å². The largest absolute Gasteiger partial charge is 0.336 e. The summed E-state index contributed by atoms with van der Waals surface area (Å²) in [6.45, 7) is 0.106. The fraction of sp³-hybridized carbons (Fsp3) is 0.200. The highest BCUT2D eigenvalue weighted by Gasteiger charge is 2.21. The third kappa shape index (κ3) is 5.02. The molecule has 0 aliphatic rings. The van der Waals surface area contributed by atoms with Crippen LogP contribution in [-0.4, -0.2) is 31.0 Å². The van der Waals surface area contributed by atoms with E-state index in [2.05, 4.69) is 20.3 Å². The van der Waals surface area contributed by atoms with Crippen molar-refractivity contribution in [1.82, 2.24) is 24.9 Å². The van der Waals surface area contributed by atoms with E-state index < -0.39 is 27.9 Å². The first-order valence-corrected chi connectivity index (χ1v) is 10.6. The Morgan fingerprint density at radius 1 is 1.20 bits per heavy atom. The standard InChI is InChI=1S/C20H22FN5O3S/c1-22-30(28,29)17-8-3-5-14(11-17)13-24-20(27)25-18(19-23-9-10-26(19)2)15-6-4-7-16(21)12-15/h3-12,18,22H,13H2,1-2H3,(H2,24,25,27). The lowest BCUT2D eigenvalue weighted by Crippen LogP contribution is -2.39. The van der Waals surface area contributed by atoms with Crippen LogP contribution in [0.3, 0.4) is 0 Å². The van der Waals surface area contributed by atoms with Crippen LogP contribution in [0, 0.1) is 5.82 Å². The molecule has 2 aromatic carbocycles. The molecule has 3 aromatic rings. The number of hydrogen-bond donors (Lipinski definition) is 3. The van der Waals surface area contributed by atoms with E-state index in [1.165, 1.54) is 31.3 Å². The molecule has 2 amide bonds. The van der Waals surface area contributed by atoms with Gasteiger partial charge < -0.3 is 15.2 Å². The second kappa shape index (κ2) is 9.06. The number of aryl methyl sites for hydroxylation is 1. The number of urea groups is 1. The lowest BCUT2D eigenvalue weighted by atomic mass is 10.1. The molecule has 0 aliphatic carbocycles. The molecule has 0 spiro atoms. The van der Waals surface area contributed by atoms with E-state index in [-0.39, 0.29) is 11.4 Å². The highest BCUT2D eigenvalue weighted by Crippen LogP contribution is 2.21. The molecule has 0 bridgehead atoms. The minimum Gasteiger partial charge on any atom is -0.336 e. The SMILES string of the molecule is CNS(=O)(=O)c1cccc(CNC(=O)NC(c2cccc(F)c2)c2nccn2C)c1. The molecule has 10 heteroatoms. The zero-order valence-electron chi connectivity index (χ0n) is 16.5. The Morgan fingerprint density at radius 3 is 2.63 bits per heavy atom. The van der Waals surface area contributed by atoms with Crippen molar-refractivity contribution in [1.29, 1.82) is 0 Å². The quantitative estimate of drug-likeness (QED) is 0.532. The van der Waals surface area contributed by atoms with Gasteiger partial charge in [-0.15, -0.1) is 0 Å². The van der Waals surface area contributed by atoms with Gasteiger partial charge in [0.1, 0.15) is 17.7 Å². The molecule has 0 aliphatic heterocycles. The zero-order valence-corrected chi connectivity index (χ0v) is 17.3. The van der Waals surface area contributed by atoms with Gasteiger partial charge in [-0.25, -0.2) is 27.3 Å². The Balaban J connectivity index is 1.74. The molecule has 0 radical (unpaired) electrons. The summed E-state index contributed by atoms with van der Waals surface area (Å²) in [6.07, 6.45) is 3.32. The normalized spacial score (nSPS) is 12.4. The fourth-order valence-electron chi connectivity index (χ4n) is 2.94. The predicted octanol–water partition coefficient (Wildman–Crippen LogP) is 2.06. The van der Waals surface area contributed by atoms with Crippen LogP contribution in [-0.2, 0) is 23.6 Å². The molecule has 0 saturated heterocycles. The van der Waals surface area contributed by atoms with Crippen LogP contribution in [0.15, 0.2) is 65.8 Å². The molecular weight excluding hydrogens is 409 g/mol. The molecule has 3 rings (SSSR count). The number of imidazole rings is 1. The van der Waals surface area contributed by atoms with Gasteiger partial charge in [0, 0.05) is 26.0 Å². The molecule has 3 N–H and O–H groups in total. The Kier molecular flexibility index (Phi) is 6.48. The highest BCUT2D eigenvalue weighted by atomic mass is 32.2. The Bertz CT molecular complexity index is 1150. The molecule has 1 heterocycles. The highest BCUT2D eigenvalue weighted by molar-refractivity contribution is 7.89. The molecule has 1 unspecified atom stereocenters. The van der Waals surface area contributed by atoms with Crippen LogP contribution in [0.25, 0.3) is 0 Å². The number of carbonyl (C=O) groups is 1. The molecular formula is C20H22FN5O3S. The maximum atomic E-state index is 13.7. The van der Waals surface area contributed by atoms with E-state index in [0.717, 1.165) is 0 Å². The van der Waals surface area contributed by atoms with Crippen molar-refractivity contribution in [2.24, 2.45) is 7.05 Å².